The van der Waals surface area contributed by atoms with E-state index in [2.05, 4.69) is 20.6 Å². The van der Waals surface area contributed by atoms with Crippen molar-refractivity contribution in [3.05, 3.63) is 53.9 Å². The zero-order valence-corrected chi connectivity index (χ0v) is 12.1. The molecule has 2 aromatic carbocycles. The van der Waals surface area contributed by atoms with Crippen LogP contribution in [0.1, 0.15) is 11.4 Å². The summed E-state index contributed by atoms with van der Waals surface area (Å²) in [7, 11) is 0. The quantitative estimate of drug-likeness (QED) is 0.567. The summed E-state index contributed by atoms with van der Waals surface area (Å²) in [6.45, 7) is 0. The largest absolute Gasteiger partial charge is 1.00 e. The number of hydrogen-bond acceptors (Lipinski definition) is 3. The fourth-order valence-corrected chi connectivity index (χ4v) is 1.78. The minimum atomic E-state index is -3.28. The van der Waals surface area contributed by atoms with Crippen LogP contribution in [-0.2, 0) is 5.92 Å². The van der Waals surface area contributed by atoms with Gasteiger partial charge in [0.05, 0.1) is 5.82 Å². The van der Waals surface area contributed by atoms with Crippen molar-refractivity contribution < 1.29 is 38.3 Å². The molecule has 0 fully saturated rings. The first-order chi connectivity index (χ1) is 8.68. The number of rotatable bonds is 2. The number of fused-ring (bicyclic) bond motifs is 1. The van der Waals surface area contributed by atoms with Crippen molar-refractivity contribution in [1.82, 2.24) is 20.6 Å². The molecule has 3 aromatic rings. The van der Waals surface area contributed by atoms with Gasteiger partial charge in [-0.3, -0.25) is 10.3 Å². The first-order valence-corrected chi connectivity index (χ1v) is 5.24. The van der Waals surface area contributed by atoms with Crippen molar-refractivity contribution in [2.45, 2.75) is 5.92 Å². The second-order valence-corrected chi connectivity index (χ2v) is 3.84. The van der Waals surface area contributed by atoms with Crippen LogP contribution in [0.25, 0.3) is 10.8 Å². The third-order valence-corrected chi connectivity index (χ3v) is 2.71. The van der Waals surface area contributed by atoms with Crippen LogP contribution < -0.4 is 34.7 Å². The molecule has 1 heterocycles. The van der Waals surface area contributed by atoms with Gasteiger partial charge in [-0.15, -0.1) is 0 Å². The summed E-state index contributed by atoms with van der Waals surface area (Å²) < 4.78 is 28.1. The Morgan fingerprint density at radius 1 is 1.00 bits per heavy atom. The molecule has 0 spiro atoms. The summed E-state index contributed by atoms with van der Waals surface area (Å²) in [6, 6.07) is 11.7. The van der Waals surface area contributed by atoms with Crippen LogP contribution in [0.4, 0.5) is 8.78 Å². The van der Waals surface area contributed by atoms with Crippen molar-refractivity contribution >= 4 is 10.8 Å². The van der Waals surface area contributed by atoms with Gasteiger partial charge in [0, 0.05) is 5.56 Å². The molecule has 0 atom stereocenters. The molecule has 0 N–H and O–H groups in total. The first kappa shape index (κ1) is 14.0. The van der Waals surface area contributed by atoms with Crippen molar-refractivity contribution in [2.24, 2.45) is 0 Å². The summed E-state index contributed by atoms with van der Waals surface area (Å²) in [5.41, 5.74) is -0.170. The van der Waals surface area contributed by atoms with Crippen LogP contribution in [0.5, 0.6) is 0 Å². The van der Waals surface area contributed by atoms with Gasteiger partial charge in [-0.05, 0) is 16.8 Å². The molecule has 0 amide bonds. The van der Waals surface area contributed by atoms with Crippen LogP contribution in [0.2, 0.25) is 0 Å². The zero-order valence-electron chi connectivity index (χ0n) is 10.1. The Hall–Kier alpha value is -1.37. The summed E-state index contributed by atoms with van der Waals surface area (Å²) in [6.07, 6.45) is 0. The van der Waals surface area contributed by atoms with Crippen LogP contribution in [0.3, 0.4) is 0 Å². The number of alkyl halides is 2. The topological polar surface area (TPSA) is 52.8 Å². The molecule has 1 aromatic heterocycles. The van der Waals surface area contributed by atoms with Crippen LogP contribution in [-0.4, -0.2) is 15.5 Å². The van der Waals surface area contributed by atoms with Gasteiger partial charge in [0.25, 0.3) is 0 Å². The fraction of sp³-hybridized carbons (Fsp3) is 0.0833. The molecular weight excluding hydrogens is 261 g/mol. The van der Waals surface area contributed by atoms with Crippen LogP contribution in [0.15, 0.2) is 42.5 Å². The Labute approximate surface area is 129 Å². The van der Waals surface area contributed by atoms with E-state index >= 15 is 0 Å². The number of hydrogen-bond donors (Lipinski definition) is 0. The second kappa shape index (κ2) is 5.32. The third kappa shape index (κ3) is 2.51. The minimum absolute atomic E-state index is 0. The average molecular weight is 268 g/mol. The Bertz CT molecular complexity index is 685. The van der Waals surface area contributed by atoms with Gasteiger partial charge < -0.3 is 5.10 Å². The van der Waals surface area contributed by atoms with E-state index in [9.17, 15) is 8.78 Å². The van der Waals surface area contributed by atoms with E-state index in [0.717, 1.165) is 10.8 Å². The summed E-state index contributed by atoms with van der Waals surface area (Å²) in [5.74, 6) is -3.97. The fourth-order valence-electron chi connectivity index (χ4n) is 1.78. The van der Waals surface area contributed by atoms with E-state index in [0.29, 0.717) is 0 Å². The zero-order chi connectivity index (χ0) is 12.6. The van der Waals surface area contributed by atoms with Crippen LogP contribution >= 0.6 is 0 Å². The maximum atomic E-state index is 14.0. The van der Waals surface area contributed by atoms with E-state index in [4.69, 9.17) is 0 Å². The number of tetrazole rings is 1. The maximum absolute atomic E-state index is 14.0. The van der Waals surface area contributed by atoms with Gasteiger partial charge in [-0.2, -0.15) is 14.0 Å². The molecule has 4 nitrogen and oxygen atoms in total. The van der Waals surface area contributed by atoms with Crippen molar-refractivity contribution in [2.75, 3.05) is 0 Å². The smallest absolute Gasteiger partial charge is 0.329 e. The van der Waals surface area contributed by atoms with Gasteiger partial charge in [-0.25, -0.2) is 0 Å². The normalized spacial score (nSPS) is 11.3. The molecule has 0 bridgehead atoms. The van der Waals surface area contributed by atoms with Crippen LogP contribution in [0, 0.1) is 0 Å². The molecule has 0 unspecified atom stereocenters. The molecule has 0 aliphatic carbocycles. The SMILES string of the molecule is FC(F)(c1ccc2ccccc2c1)c1nnn[n-]1.[Na+]. The third-order valence-electron chi connectivity index (χ3n) is 2.71. The average Bonchev–Trinajstić information content (AvgIpc) is 2.92. The summed E-state index contributed by atoms with van der Waals surface area (Å²) in [4.78, 5) is 0. The van der Waals surface area contributed by atoms with Gasteiger partial charge in [0.2, 0.25) is 0 Å². The molecule has 3 rings (SSSR count). The molecule has 19 heavy (non-hydrogen) atoms. The minimum Gasteiger partial charge on any atom is -0.329 e. The molecule has 90 valence electrons. The summed E-state index contributed by atoms with van der Waals surface area (Å²) in [5, 5.41) is 14.3. The van der Waals surface area contributed by atoms with Gasteiger partial charge in [0.15, 0.2) is 0 Å². The van der Waals surface area contributed by atoms with Crippen molar-refractivity contribution in [3.63, 3.8) is 0 Å². The Kier molecular flexibility index (Phi) is 3.93. The standard InChI is InChI=1S/C12H7F2N4.Na/c13-12(14,11-15-17-18-16-11)10-6-5-8-3-1-2-4-9(8)7-10;/h1-7H;/q-1;+1. The van der Waals surface area contributed by atoms with Gasteiger partial charge >= 0.3 is 35.5 Å². The molecule has 0 aliphatic rings. The molecular formula is C12H7F2N4Na. The maximum Gasteiger partial charge on any atom is 1.00 e. The van der Waals surface area contributed by atoms with Gasteiger partial charge in [0.1, 0.15) is 0 Å². The molecule has 0 aliphatic heterocycles. The number of aromatic nitrogens is 4. The van der Waals surface area contributed by atoms with E-state index in [-0.39, 0.29) is 35.1 Å². The Balaban J connectivity index is 0.00000133. The molecule has 0 saturated heterocycles. The predicted molar refractivity (Wildman–Crippen MR) is 60.1 cm³/mol. The van der Waals surface area contributed by atoms with E-state index in [1.54, 1.807) is 18.2 Å². The molecule has 7 heteroatoms. The van der Waals surface area contributed by atoms with E-state index in [1.165, 1.54) is 12.1 Å². The van der Waals surface area contributed by atoms with E-state index < -0.39 is 11.7 Å². The Morgan fingerprint density at radius 2 is 1.74 bits per heavy atom. The van der Waals surface area contributed by atoms with Crippen molar-refractivity contribution in [1.29, 1.82) is 0 Å². The second-order valence-electron chi connectivity index (χ2n) is 3.84. The molecule has 0 saturated carbocycles. The van der Waals surface area contributed by atoms with Crippen molar-refractivity contribution in [3.8, 4) is 0 Å². The monoisotopic (exact) mass is 268 g/mol. The first-order valence-electron chi connectivity index (χ1n) is 5.24. The number of halogens is 2. The molecule has 0 radical (unpaired) electrons. The summed E-state index contributed by atoms with van der Waals surface area (Å²) >= 11 is 0. The van der Waals surface area contributed by atoms with Gasteiger partial charge in [-0.1, -0.05) is 36.4 Å². The Morgan fingerprint density at radius 3 is 2.42 bits per heavy atom. The number of nitrogens with zero attached hydrogens (tertiary/aromatic N) is 4. The predicted octanol–water partition coefficient (Wildman–Crippen LogP) is -0.874. The number of benzene rings is 2. The van der Waals surface area contributed by atoms with E-state index in [1.807, 2.05) is 12.1 Å².